The number of aromatic nitrogens is 2. The number of halogens is 1. The van der Waals surface area contributed by atoms with E-state index in [0.717, 1.165) is 30.7 Å². The van der Waals surface area contributed by atoms with Crippen molar-refractivity contribution in [2.75, 3.05) is 13.1 Å². The molecule has 0 radical (unpaired) electrons. The van der Waals surface area contributed by atoms with Gasteiger partial charge in [-0.15, -0.1) is 0 Å². The molecule has 3 aromatic rings. The first kappa shape index (κ1) is 18.9. The van der Waals surface area contributed by atoms with Crippen LogP contribution in [0.3, 0.4) is 0 Å². The summed E-state index contributed by atoms with van der Waals surface area (Å²) >= 11 is 0. The molecule has 2 heterocycles. The number of aromatic amines is 1. The normalized spacial score (nSPS) is 14.6. The number of hydrogen-bond acceptors (Lipinski definition) is 3. The molecule has 29 heavy (non-hydrogen) atoms. The summed E-state index contributed by atoms with van der Waals surface area (Å²) < 4.78 is 13.9. The number of hydrogen-bond donors (Lipinski definition) is 1. The SMILES string of the molecule is N#Cc1c[nH]c(CC2CCN(C(=O)c3ccc(-c4ccccc4F)cc3)CC2)n1. The smallest absolute Gasteiger partial charge is 0.253 e. The van der Waals surface area contributed by atoms with Gasteiger partial charge in [0.2, 0.25) is 0 Å². The first-order valence-corrected chi connectivity index (χ1v) is 9.72. The Morgan fingerprint density at radius 1 is 1.17 bits per heavy atom. The number of imidazole rings is 1. The number of nitrogens with one attached hydrogen (secondary N) is 1. The van der Waals surface area contributed by atoms with Crippen molar-refractivity contribution in [3.05, 3.63) is 77.6 Å². The van der Waals surface area contributed by atoms with Crippen molar-refractivity contribution in [3.8, 4) is 17.2 Å². The van der Waals surface area contributed by atoms with Gasteiger partial charge in [-0.3, -0.25) is 4.79 Å². The van der Waals surface area contributed by atoms with Crippen LogP contribution in [-0.2, 0) is 6.42 Å². The fourth-order valence-corrected chi connectivity index (χ4v) is 3.81. The van der Waals surface area contributed by atoms with Crippen molar-refractivity contribution in [2.24, 2.45) is 5.92 Å². The second-order valence-electron chi connectivity index (χ2n) is 7.34. The predicted octanol–water partition coefficient (Wildman–Crippen LogP) is 4.18. The molecule has 5 nitrogen and oxygen atoms in total. The van der Waals surface area contributed by atoms with Crippen LogP contribution in [0.4, 0.5) is 4.39 Å². The largest absolute Gasteiger partial charge is 0.347 e. The van der Waals surface area contributed by atoms with E-state index in [9.17, 15) is 9.18 Å². The molecule has 1 aromatic heterocycles. The standard InChI is InChI=1S/C23H21FN4O/c24-21-4-2-1-3-20(21)17-5-7-18(8-6-17)23(29)28-11-9-16(10-12-28)13-22-26-15-19(14-25)27-22/h1-8,15-16H,9-13H2,(H,26,27). The van der Waals surface area contributed by atoms with Crippen LogP contribution in [0.2, 0.25) is 0 Å². The number of likely N-dealkylation sites (tertiary alicyclic amines) is 1. The molecule has 1 aliphatic heterocycles. The Hall–Kier alpha value is -3.46. The van der Waals surface area contributed by atoms with Crippen molar-refractivity contribution in [1.82, 2.24) is 14.9 Å². The third kappa shape index (κ3) is 4.19. The Bertz CT molecular complexity index is 1040. The molecule has 2 aromatic carbocycles. The number of rotatable bonds is 4. The number of H-pyrrole nitrogens is 1. The number of benzene rings is 2. The second kappa shape index (κ2) is 8.27. The zero-order chi connectivity index (χ0) is 20.2. The van der Waals surface area contributed by atoms with Gasteiger partial charge in [0.25, 0.3) is 5.91 Å². The number of amides is 1. The van der Waals surface area contributed by atoms with Gasteiger partial charge in [-0.25, -0.2) is 9.37 Å². The van der Waals surface area contributed by atoms with E-state index in [1.807, 2.05) is 11.0 Å². The zero-order valence-corrected chi connectivity index (χ0v) is 15.9. The monoisotopic (exact) mass is 388 g/mol. The lowest BCUT2D eigenvalue weighted by molar-refractivity contribution is 0.0690. The van der Waals surface area contributed by atoms with Crippen molar-refractivity contribution in [3.63, 3.8) is 0 Å². The molecule has 1 fully saturated rings. The molecular weight excluding hydrogens is 367 g/mol. The fourth-order valence-electron chi connectivity index (χ4n) is 3.81. The highest BCUT2D eigenvalue weighted by atomic mass is 19.1. The van der Waals surface area contributed by atoms with Gasteiger partial charge in [-0.2, -0.15) is 5.26 Å². The predicted molar refractivity (Wildman–Crippen MR) is 107 cm³/mol. The van der Waals surface area contributed by atoms with Crippen LogP contribution in [0.25, 0.3) is 11.1 Å². The Labute approximate surface area is 168 Å². The third-order valence-electron chi connectivity index (χ3n) is 5.45. The summed E-state index contributed by atoms with van der Waals surface area (Å²) in [5, 5.41) is 8.86. The molecule has 1 saturated heterocycles. The summed E-state index contributed by atoms with van der Waals surface area (Å²) in [7, 11) is 0. The molecule has 6 heteroatoms. The summed E-state index contributed by atoms with van der Waals surface area (Å²) in [4.78, 5) is 22.0. The Morgan fingerprint density at radius 3 is 2.55 bits per heavy atom. The molecule has 146 valence electrons. The number of nitrogens with zero attached hydrogens (tertiary/aromatic N) is 3. The van der Waals surface area contributed by atoms with E-state index in [0.29, 0.717) is 35.8 Å². The van der Waals surface area contributed by atoms with Gasteiger partial charge >= 0.3 is 0 Å². The molecule has 1 amide bonds. The highest BCUT2D eigenvalue weighted by Crippen LogP contribution is 2.25. The Kier molecular flexibility index (Phi) is 5.39. The van der Waals surface area contributed by atoms with E-state index >= 15 is 0 Å². The quantitative estimate of drug-likeness (QED) is 0.729. The highest BCUT2D eigenvalue weighted by Gasteiger charge is 2.24. The van der Waals surface area contributed by atoms with Crippen LogP contribution < -0.4 is 0 Å². The van der Waals surface area contributed by atoms with Gasteiger partial charge in [0, 0.05) is 36.8 Å². The molecule has 0 unspecified atom stereocenters. The summed E-state index contributed by atoms with van der Waals surface area (Å²) in [6.45, 7) is 1.40. The van der Waals surface area contributed by atoms with E-state index in [-0.39, 0.29) is 11.7 Å². The van der Waals surface area contributed by atoms with E-state index < -0.39 is 0 Å². The minimum atomic E-state index is -0.271. The van der Waals surface area contributed by atoms with Crippen molar-refractivity contribution in [2.45, 2.75) is 19.3 Å². The molecule has 0 bridgehead atoms. The topological polar surface area (TPSA) is 72.8 Å². The summed E-state index contributed by atoms with van der Waals surface area (Å²) in [6, 6.07) is 15.8. The number of carbonyl (C=O) groups excluding carboxylic acids is 1. The van der Waals surface area contributed by atoms with Gasteiger partial charge < -0.3 is 9.88 Å². The van der Waals surface area contributed by atoms with Crippen LogP contribution in [-0.4, -0.2) is 33.9 Å². The molecule has 0 atom stereocenters. The van der Waals surface area contributed by atoms with E-state index in [1.165, 1.54) is 6.07 Å². The van der Waals surface area contributed by atoms with Crippen molar-refractivity contribution in [1.29, 1.82) is 5.26 Å². The first-order chi connectivity index (χ1) is 14.1. The third-order valence-corrected chi connectivity index (χ3v) is 5.45. The highest BCUT2D eigenvalue weighted by molar-refractivity contribution is 5.94. The molecular formula is C23H21FN4O. The van der Waals surface area contributed by atoms with Crippen LogP contribution in [0.5, 0.6) is 0 Å². The molecule has 0 aliphatic carbocycles. The summed E-state index contributed by atoms with van der Waals surface area (Å²) in [5.74, 6) is 1.01. The van der Waals surface area contributed by atoms with E-state index in [2.05, 4.69) is 9.97 Å². The van der Waals surface area contributed by atoms with Crippen molar-refractivity contribution < 1.29 is 9.18 Å². The number of piperidine rings is 1. The first-order valence-electron chi connectivity index (χ1n) is 9.72. The molecule has 0 saturated carbocycles. The molecule has 1 N–H and O–H groups in total. The van der Waals surface area contributed by atoms with Gasteiger partial charge in [0.15, 0.2) is 5.69 Å². The number of carbonyl (C=O) groups is 1. The van der Waals surface area contributed by atoms with Gasteiger partial charge in [-0.1, -0.05) is 30.3 Å². The van der Waals surface area contributed by atoms with Crippen LogP contribution in [0.15, 0.2) is 54.7 Å². The Balaban J connectivity index is 1.36. The fraction of sp³-hybridized carbons (Fsp3) is 0.261. The lowest BCUT2D eigenvalue weighted by Crippen LogP contribution is -2.39. The number of nitriles is 1. The van der Waals surface area contributed by atoms with E-state index in [4.69, 9.17) is 5.26 Å². The molecule has 4 rings (SSSR count). The zero-order valence-electron chi connectivity index (χ0n) is 15.9. The summed E-state index contributed by atoms with van der Waals surface area (Å²) in [6.07, 6.45) is 4.23. The minimum absolute atomic E-state index is 0.00768. The maximum absolute atomic E-state index is 13.9. The van der Waals surface area contributed by atoms with Crippen molar-refractivity contribution >= 4 is 5.91 Å². The maximum atomic E-state index is 13.9. The van der Waals surface area contributed by atoms with Gasteiger partial charge in [0.05, 0.1) is 0 Å². The van der Waals surface area contributed by atoms with Gasteiger partial charge in [0.1, 0.15) is 17.7 Å². The molecule has 0 spiro atoms. The average Bonchev–Trinajstić information content (AvgIpc) is 3.22. The second-order valence-corrected chi connectivity index (χ2v) is 7.34. The molecule has 1 aliphatic rings. The lowest BCUT2D eigenvalue weighted by atomic mass is 9.93. The van der Waals surface area contributed by atoms with Crippen LogP contribution in [0, 0.1) is 23.1 Å². The minimum Gasteiger partial charge on any atom is -0.347 e. The summed E-state index contributed by atoms with van der Waals surface area (Å²) in [5.41, 5.74) is 2.32. The van der Waals surface area contributed by atoms with E-state index in [1.54, 1.807) is 48.7 Å². The Morgan fingerprint density at radius 2 is 1.90 bits per heavy atom. The van der Waals surface area contributed by atoms with Crippen LogP contribution in [0.1, 0.15) is 34.7 Å². The van der Waals surface area contributed by atoms with Crippen LogP contribution >= 0.6 is 0 Å². The lowest BCUT2D eigenvalue weighted by Gasteiger charge is -2.31. The van der Waals surface area contributed by atoms with Gasteiger partial charge in [-0.05, 0) is 42.5 Å². The maximum Gasteiger partial charge on any atom is 0.253 e. The average molecular weight is 388 g/mol.